The zero-order valence-corrected chi connectivity index (χ0v) is 14.7. The first-order valence-corrected chi connectivity index (χ1v) is 9.10. The smallest absolute Gasteiger partial charge is 0.243 e. The molecule has 0 bridgehead atoms. The number of hydrogen-bond acceptors (Lipinski definition) is 4. The largest absolute Gasteiger partial charge is 0.379 e. The Hall–Kier alpha value is -0.950. The molecule has 2 rings (SSSR count). The summed E-state index contributed by atoms with van der Waals surface area (Å²) in [5.74, 6) is 0. The summed E-state index contributed by atoms with van der Waals surface area (Å²) >= 11 is 0. The molecule has 1 heterocycles. The van der Waals surface area contributed by atoms with Gasteiger partial charge >= 0.3 is 0 Å². The molecular weight excluding hydrogens is 300 g/mol. The van der Waals surface area contributed by atoms with Crippen molar-refractivity contribution in [1.29, 1.82) is 0 Å². The average molecular weight is 326 g/mol. The molecule has 22 heavy (non-hydrogen) atoms. The molecule has 0 unspecified atom stereocenters. The van der Waals surface area contributed by atoms with Gasteiger partial charge in [0.25, 0.3) is 0 Å². The monoisotopic (exact) mass is 326 g/mol. The molecule has 0 saturated carbocycles. The maximum Gasteiger partial charge on any atom is 0.243 e. The average Bonchev–Trinajstić information content (AvgIpc) is 2.44. The number of ether oxygens (including phenoxy) is 1. The fourth-order valence-corrected chi connectivity index (χ4v) is 4.52. The second kappa shape index (κ2) is 7.08. The van der Waals surface area contributed by atoms with Crippen LogP contribution in [0.2, 0.25) is 0 Å². The van der Waals surface area contributed by atoms with E-state index in [2.05, 4.69) is 4.90 Å². The molecule has 1 aliphatic rings. The molecule has 0 N–H and O–H groups in total. The molecule has 0 aromatic heterocycles. The number of likely N-dealkylation sites (N-methyl/N-ethyl adjacent to an activating group) is 1. The molecule has 5 nitrogen and oxygen atoms in total. The summed E-state index contributed by atoms with van der Waals surface area (Å²) in [6.45, 7) is 10.1. The molecule has 1 saturated heterocycles. The van der Waals surface area contributed by atoms with E-state index in [1.807, 2.05) is 32.9 Å². The van der Waals surface area contributed by atoms with Crippen LogP contribution in [0.25, 0.3) is 0 Å². The van der Waals surface area contributed by atoms with Gasteiger partial charge in [-0.2, -0.15) is 4.31 Å². The number of hydrogen-bond donors (Lipinski definition) is 0. The fourth-order valence-electron chi connectivity index (χ4n) is 2.96. The Morgan fingerprint density at radius 3 is 2.23 bits per heavy atom. The summed E-state index contributed by atoms with van der Waals surface area (Å²) in [5.41, 5.74) is 2.72. The second-order valence-corrected chi connectivity index (χ2v) is 7.99. The van der Waals surface area contributed by atoms with Gasteiger partial charge in [0.1, 0.15) is 0 Å². The van der Waals surface area contributed by atoms with Crippen molar-refractivity contribution in [1.82, 2.24) is 9.21 Å². The van der Waals surface area contributed by atoms with Crippen LogP contribution in [0.15, 0.2) is 17.0 Å². The van der Waals surface area contributed by atoms with Crippen molar-refractivity contribution in [2.24, 2.45) is 0 Å². The fraction of sp³-hybridized carbons (Fsp3) is 0.625. The van der Waals surface area contributed by atoms with Gasteiger partial charge in [0.15, 0.2) is 0 Å². The van der Waals surface area contributed by atoms with E-state index < -0.39 is 10.0 Å². The molecule has 124 valence electrons. The van der Waals surface area contributed by atoms with Crippen LogP contribution in [0.4, 0.5) is 0 Å². The number of sulfonamides is 1. The lowest BCUT2D eigenvalue weighted by Gasteiger charge is -2.28. The number of aryl methyl sites for hydroxylation is 3. The summed E-state index contributed by atoms with van der Waals surface area (Å²) in [6.07, 6.45) is 0. The molecule has 0 amide bonds. The van der Waals surface area contributed by atoms with Crippen molar-refractivity contribution in [2.75, 3.05) is 46.4 Å². The van der Waals surface area contributed by atoms with Crippen molar-refractivity contribution >= 4 is 10.0 Å². The Labute approximate surface area is 133 Å². The van der Waals surface area contributed by atoms with Crippen molar-refractivity contribution in [3.8, 4) is 0 Å². The van der Waals surface area contributed by atoms with E-state index in [-0.39, 0.29) is 0 Å². The maximum atomic E-state index is 12.8. The number of nitrogens with zero attached hydrogens (tertiary/aromatic N) is 2. The normalized spacial score (nSPS) is 17.1. The minimum Gasteiger partial charge on any atom is -0.379 e. The van der Waals surface area contributed by atoms with Gasteiger partial charge in [-0.1, -0.05) is 17.7 Å². The van der Waals surface area contributed by atoms with E-state index in [9.17, 15) is 8.42 Å². The summed E-state index contributed by atoms with van der Waals surface area (Å²) in [6, 6.07) is 3.85. The Kier molecular flexibility index (Phi) is 5.60. The number of rotatable bonds is 5. The van der Waals surface area contributed by atoms with Gasteiger partial charge in [-0.15, -0.1) is 0 Å². The highest BCUT2D eigenvalue weighted by molar-refractivity contribution is 7.89. The molecular formula is C16H26N2O3S. The number of benzene rings is 1. The van der Waals surface area contributed by atoms with Gasteiger partial charge in [-0.3, -0.25) is 4.90 Å². The topological polar surface area (TPSA) is 49.9 Å². The first-order chi connectivity index (χ1) is 10.3. The minimum atomic E-state index is -3.44. The first kappa shape index (κ1) is 17.4. The standard InChI is InChI=1S/C16H26N2O3S/c1-13-11-14(2)16(15(3)12-13)22(19,20)17(4)5-6-18-7-9-21-10-8-18/h11-12H,5-10H2,1-4H3. The molecule has 0 spiro atoms. The van der Waals surface area contributed by atoms with Crippen LogP contribution < -0.4 is 0 Å². The summed E-state index contributed by atoms with van der Waals surface area (Å²) in [4.78, 5) is 2.69. The molecule has 6 heteroatoms. The van der Waals surface area contributed by atoms with Gasteiger partial charge in [0.2, 0.25) is 10.0 Å². The molecule has 1 aromatic carbocycles. The van der Waals surface area contributed by atoms with Crippen LogP contribution >= 0.6 is 0 Å². The van der Waals surface area contributed by atoms with Crippen molar-refractivity contribution in [3.05, 3.63) is 28.8 Å². The minimum absolute atomic E-state index is 0.447. The Balaban J connectivity index is 2.12. The molecule has 1 aromatic rings. The van der Waals surface area contributed by atoms with Gasteiger partial charge < -0.3 is 4.74 Å². The zero-order chi connectivity index (χ0) is 16.3. The Morgan fingerprint density at radius 1 is 1.14 bits per heavy atom. The van der Waals surface area contributed by atoms with Gasteiger partial charge in [0, 0.05) is 33.2 Å². The molecule has 0 atom stereocenters. The third kappa shape index (κ3) is 3.87. The maximum absolute atomic E-state index is 12.8. The lowest BCUT2D eigenvalue weighted by molar-refractivity contribution is 0.0368. The second-order valence-electron chi connectivity index (χ2n) is 6.01. The summed E-state index contributed by atoms with van der Waals surface area (Å²) in [5, 5.41) is 0. The highest BCUT2D eigenvalue weighted by Gasteiger charge is 2.25. The van der Waals surface area contributed by atoms with Gasteiger partial charge in [0.05, 0.1) is 18.1 Å². The molecule has 0 aliphatic carbocycles. The highest BCUT2D eigenvalue weighted by Crippen LogP contribution is 2.24. The third-order valence-electron chi connectivity index (χ3n) is 4.11. The quantitative estimate of drug-likeness (QED) is 0.824. The molecule has 1 aliphatic heterocycles. The van der Waals surface area contributed by atoms with Crippen LogP contribution in [-0.2, 0) is 14.8 Å². The SMILES string of the molecule is Cc1cc(C)c(S(=O)(=O)N(C)CCN2CCOCC2)c(C)c1. The van der Waals surface area contributed by atoms with E-state index in [1.165, 1.54) is 4.31 Å². The van der Waals surface area contributed by atoms with E-state index >= 15 is 0 Å². The lowest BCUT2D eigenvalue weighted by atomic mass is 10.1. The molecule has 0 radical (unpaired) electrons. The van der Waals surface area contributed by atoms with Crippen molar-refractivity contribution in [2.45, 2.75) is 25.7 Å². The highest BCUT2D eigenvalue weighted by atomic mass is 32.2. The van der Waals surface area contributed by atoms with E-state index in [1.54, 1.807) is 7.05 Å². The summed E-state index contributed by atoms with van der Waals surface area (Å²) in [7, 11) is -1.78. The predicted molar refractivity (Wildman–Crippen MR) is 87.7 cm³/mol. The van der Waals surface area contributed by atoms with Crippen LogP contribution in [0.3, 0.4) is 0 Å². The van der Waals surface area contributed by atoms with Crippen LogP contribution in [0.5, 0.6) is 0 Å². The van der Waals surface area contributed by atoms with E-state index in [4.69, 9.17) is 4.74 Å². The number of morpholine rings is 1. The Morgan fingerprint density at radius 2 is 1.68 bits per heavy atom. The molecule has 1 fully saturated rings. The van der Waals surface area contributed by atoms with E-state index in [0.717, 1.165) is 49.5 Å². The van der Waals surface area contributed by atoms with Crippen LogP contribution in [0, 0.1) is 20.8 Å². The first-order valence-electron chi connectivity index (χ1n) is 7.66. The van der Waals surface area contributed by atoms with E-state index in [0.29, 0.717) is 11.4 Å². The summed E-state index contributed by atoms with van der Waals surface area (Å²) < 4.78 is 32.5. The van der Waals surface area contributed by atoms with Crippen LogP contribution in [-0.4, -0.2) is 64.1 Å². The van der Waals surface area contributed by atoms with Crippen LogP contribution in [0.1, 0.15) is 16.7 Å². The van der Waals surface area contributed by atoms with Gasteiger partial charge in [-0.05, 0) is 31.9 Å². The van der Waals surface area contributed by atoms with Crippen molar-refractivity contribution < 1.29 is 13.2 Å². The predicted octanol–water partition coefficient (Wildman–Crippen LogP) is 1.56. The van der Waals surface area contributed by atoms with Gasteiger partial charge in [-0.25, -0.2) is 8.42 Å². The van der Waals surface area contributed by atoms with Crippen molar-refractivity contribution in [3.63, 3.8) is 0 Å². The third-order valence-corrected chi connectivity index (χ3v) is 6.27. The lowest BCUT2D eigenvalue weighted by Crippen LogP contribution is -2.42. The Bertz CT molecular complexity index is 599. The zero-order valence-electron chi connectivity index (χ0n) is 13.9.